The second-order valence-electron chi connectivity index (χ2n) is 6.77. The van der Waals surface area contributed by atoms with Gasteiger partial charge in [-0.1, -0.05) is 36.4 Å². The van der Waals surface area contributed by atoms with Crippen molar-refractivity contribution in [2.24, 2.45) is 0 Å². The van der Waals surface area contributed by atoms with Gasteiger partial charge in [0.1, 0.15) is 5.58 Å². The van der Waals surface area contributed by atoms with Crippen molar-refractivity contribution < 1.29 is 9.21 Å². The van der Waals surface area contributed by atoms with Crippen molar-refractivity contribution in [2.75, 3.05) is 6.54 Å². The van der Waals surface area contributed by atoms with Gasteiger partial charge in [0.05, 0.1) is 0 Å². The number of hydrogen-bond acceptors (Lipinski definition) is 3. The van der Waals surface area contributed by atoms with E-state index < -0.39 is 0 Å². The third-order valence-corrected chi connectivity index (χ3v) is 4.99. The smallest absolute Gasteiger partial charge is 0.287 e. The highest BCUT2D eigenvalue weighted by molar-refractivity contribution is 6.08. The third-order valence-electron chi connectivity index (χ3n) is 4.99. The van der Waals surface area contributed by atoms with E-state index in [-0.39, 0.29) is 11.9 Å². The Bertz CT molecular complexity index is 913. The van der Waals surface area contributed by atoms with Crippen molar-refractivity contribution in [1.82, 2.24) is 10.6 Å². The topological polar surface area (TPSA) is 54.3 Å². The zero-order valence-electron chi connectivity index (χ0n) is 14.1. The summed E-state index contributed by atoms with van der Waals surface area (Å²) >= 11 is 0. The van der Waals surface area contributed by atoms with Gasteiger partial charge in [-0.05, 0) is 38.6 Å². The largest absolute Gasteiger partial charge is 0.450 e. The van der Waals surface area contributed by atoms with E-state index in [1.54, 1.807) is 0 Å². The molecule has 1 aliphatic heterocycles. The quantitative estimate of drug-likeness (QED) is 0.755. The van der Waals surface area contributed by atoms with Crippen LogP contribution in [0, 0.1) is 6.92 Å². The number of carbonyl (C=O) groups excluding carboxylic acids is 1. The number of piperidine rings is 1. The van der Waals surface area contributed by atoms with Gasteiger partial charge < -0.3 is 15.1 Å². The van der Waals surface area contributed by atoms with Crippen LogP contribution in [0.2, 0.25) is 0 Å². The molecule has 0 saturated carbocycles. The summed E-state index contributed by atoms with van der Waals surface area (Å²) in [6.07, 6.45) is 1.91. The molecule has 2 unspecified atom stereocenters. The molecule has 0 aliphatic carbocycles. The van der Waals surface area contributed by atoms with Crippen LogP contribution in [0.25, 0.3) is 21.7 Å². The maximum Gasteiger partial charge on any atom is 0.287 e. The summed E-state index contributed by atoms with van der Waals surface area (Å²) in [7, 11) is 0. The molecule has 4 rings (SSSR count). The van der Waals surface area contributed by atoms with Crippen molar-refractivity contribution >= 4 is 27.6 Å². The van der Waals surface area contributed by atoms with Crippen LogP contribution < -0.4 is 10.6 Å². The molecule has 1 aliphatic rings. The highest BCUT2D eigenvalue weighted by atomic mass is 16.3. The Hall–Kier alpha value is -2.33. The van der Waals surface area contributed by atoms with E-state index in [1.165, 1.54) is 0 Å². The molecule has 1 saturated heterocycles. The van der Waals surface area contributed by atoms with E-state index in [0.29, 0.717) is 11.8 Å². The van der Waals surface area contributed by atoms with Crippen LogP contribution in [0.4, 0.5) is 0 Å². The van der Waals surface area contributed by atoms with E-state index in [2.05, 4.69) is 29.7 Å². The van der Waals surface area contributed by atoms with Gasteiger partial charge in [-0.15, -0.1) is 0 Å². The number of hydrogen-bond donors (Lipinski definition) is 2. The summed E-state index contributed by atoms with van der Waals surface area (Å²) in [6, 6.07) is 12.9. The summed E-state index contributed by atoms with van der Waals surface area (Å²) in [5.74, 6) is 0.333. The first-order chi connectivity index (χ1) is 11.6. The van der Waals surface area contributed by atoms with Crippen molar-refractivity contribution in [3.63, 3.8) is 0 Å². The van der Waals surface area contributed by atoms with Gasteiger partial charge in [0.25, 0.3) is 5.91 Å². The average molecular weight is 322 g/mol. The van der Waals surface area contributed by atoms with Crippen molar-refractivity contribution in [2.45, 2.75) is 38.8 Å². The molecule has 124 valence electrons. The Kier molecular flexibility index (Phi) is 3.77. The highest BCUT2D eigenvalue weighted by Crippen LogP contribution is 2.31. The zero-order valence-corrected chi connectivity index (χ0v) is 14.1. The van der Waals surface area contributed by atoms with Crippen molar-refractivity contribution in [1.29, 1.82) is 0 Å². The molecule has 2 N–H and O–H groups in total. The fourth-order valence-electron chi connectivity index (χ4n) is 3.68. The average Bonchev–Trinajstić information content (AvgIpc) is 2.92. The number of aryl methyl sites for hydroxylation is 1. The molecule has 24 heavy (non-hydrogen) atoms. The zero-order chi connectivity index (χ0) is 16.7. The molecule has 1 aromatic heterocycles. The van der Waals surface area contributed by atoms with Gasteiger partial charge >= 0.3 is 0 Å². The molecule has 1 fully saturated rings. The molecule has 0 spiro atoms. The lowest BCUT2D eigenvalue weighted by Gasteiger charge is -2.28. The number of nitrogens with one attached hydrogen (secondary N) is 2. The number of carbonyl (C=O) groups is 1. The maximum atomic E-state index is 12.7. The molecule has 0 bridgehead atoms. The first kappa shape index (κ1) is 15.2. The van der Waals surface area contributed by atoms with Crippen LogP contribution in [0.15, 0.2) is 40.8 Å². The van der Waals surface area contributed by atoms with Crippen LogP contribution in [0.1, 0.15) is 35.9 Å². The molecule has 3 aromatic rings. The van der Waals surface area contributed by atoms with E-state index >= 15 is 0 Å². The number of benzene rings is 2. The molecular formula is C20H22N2O2. The van der Waals surface area contributed by atoms with E-state index in [4.69, 9.17) is 4.42 Å². The minimum atomic E-state index is -0.105. The summed E-state index contributed by atoms with van der Waals surface area (Å²) in [5.41, 5.74) is 1.71. The highest BCUT2D eigenvalue weighted by Gasteiger charge is 2.24. The van der Waals surface area contributed by atoms with Gasteiger partial charge in [0, 0.05) is 28.4 Å². The monoisotopic (exact) mass is 322 g/mol. The second kappa shape index (κ2) is 5.95. The molecular weight excluding hydrogens is 300 g/mol. The normalized spacial score (nSPS) is 21.2. The van der Waals surface area contributed by atoms with Crippen LogP contribution in [-0.4, -0.2) is 24.5 Å². The summed E-state index contributed by atoms with van der Waals surface area (Å²) < 4.78 is 6.01. The van der Waals surface area contributed by atoms with Crippen LogP contribution in [0.3, 0.4) is 0 Å². The molecule has 0 radical (unpaired) electrons. The predicted octanol–water partition coefficient (Wildman–Crippen LogP) is 3.76. The Balaban J connectivity index is 1.70. The number of rotatable bonds is 2. The third kappa shape index (κ3) is 2.57. The lowest BCUT2D eigenvalue weighted by molar-refractivity contribution is 0.0899. The number of amides is 1. The summed E-state index contributed by atoms with van der Waals surface area (Å²) in [4.78, 5) is 12.7. The number of fused-ring (bicyclic) bond motifs is 3. The molecule has 2 aromatic carbocycles. The van der Waals surface area contributed by atoms with Crippen molar-refractivity contribution in [3.05, 3.63) is 47.7 Å². The molecule has 2 heterocycles. The van der Waals surface area contributed by atoms with E-state index in [9.17, 15) is 4.79 Å². The lowest BCUT2D eigenvalue weighted by atomic mass is 10.0. The predicted molar refractivity (Wildman–Crippen MR) is 96.4 cm³/mol. The lowest BCUT2D eigenvalue weighted by Crippen LogP contribution is -2.46. The van der Waals surface area contributed by atoms with E-state index in [1.807, 2.05) is 31.2 Å². The summed E-state index contributed by atoms with van der Waals surface area (Å²) in [5, 5.41) is 9.73. The number of furan rings is 1. The minimum absolute atomic E-state index is 0.105. The summed E-state index contributed by atoms with van der Waals surface area (Å²) in [6.45, 7) is 5.05. The maximum absolute atomic E-state index is 12.7. The van der Waals surface area contributed by atoms with Crippen LogP contribution in [0.5, 0.6) is 0 Å². The van der Waals surface area contributed by atoms with Gasteiger partial charge in [0.15, 0.2) is 5.76 Å². The Labute approximate surface area is 141 Å². The van der Waals surface area contributed by atoms with Gasteiger partial charge in [0.2, 0.25) is 0 Å². The van der Waals surface area contributed by atoms with Crippen molar-refractivity contribution in [3.8, 4) is 0 Å². The Morgan fingerprint density at radius 2 is 2.04 bits per heavy atom. The van der Waals surface area contributed by atoms with Gasteiger partial charge in [-0.3, -0.25) is 4.79 Å². The molecule has 4 heteroatoms. The van der Waals surface area contributed by atoms with Crippen LogP contribution in [-0.2, 0) is 0 Å². The second-order valence-corrected chi connectivity index (χ2v) is 6.77. The van der Waals surface area contributed by atoms with E-state index in [0.717, 1.165) is 46.7 Å². The fraction of sp³-hybridized carbons (Fsp3) is 0.350. The minimum Gasteiger partial charge on any atom is -0.450 e. The molecule has 1 amide bonds. The molecule has 4 nitrogen and oxygen atoms in total. The van der Waals surface area contributed by atoms with Gasteiger partial charge in [-0.25, -0.2) is 0 Å². The Morgan fingerprint density at radius 3 is 2.88 bits per heavy atom. The Morgan fingerprint density at radius 1 is 1.21 bits per heavy atom. The fourth-order valence-corrected chi connectivity index (χ4v) is 3.68. The first-order valence-corrected chi connectivity index (χ1v) is 8.58. The SMILES string of the molecule is Cc1c(C(=O)NC2CCNC(C)C2)oc2c1ccc1ccccc12. The standard InChI is InChI=1S/C20H22N2O2/c1-12-11-15(9-10-21-12)22-20(23)18-13(2)16-8-7-14-5-3-4-6-17(14)19(16)24-18/h3-8,12,15,21H,9-11H2,1-2H3,(H,22,23). The first-order valence-electron chi connectivity index (χ1n) is 8.58. The van der Waals surface area contributed by atoms with Gasteiger partial charge in [-0.2, -0.15) is 0 Å². The molecule has 2 atom stereocenters. The van der Waals surface area contributed by atoms with Crippen LogP contribution >= 0.6 is 0 Å².